The van der Waals surface area contributed by atoms with Gasteiger partial charge in [0.1, 0.15) is 13.2 Å². The molecule has 8 heteroatoms. The molecule has 2 heterocycles. The van der Waals surface area contributed by atoms with Crippen molar-refractivity contribution in [1.82, 2.24) is 19.6 Å². The number of hydrogen-bond donors (Lipinski definition) is 1. The number of nitrogens with zero attached hydrogens (tertiary/aromatic N) is 4. The van der Waals surface area contributed by atoms with Crippen LogP contribution in [0.5, 0.6) is 0 Å². The van der Waals surface area contributed by atoms with Gasteiger partial charge in [0, 0.05) is 7.05 Å². The number of rotatable bonds is 4. The fourth-order valence-electron chi connectivity index (χ4n) is 2.02. The summed E-state index contributed by atoms with van der Waals surface area (Å²) in [5.41, 5.74) is 9.59. The van der Waals surface area contributed by atoms with Gasteiger partial charge >= 0.3 is 5.97 Å². The van der Waals surface area contributed by atoms with Gasteiger partial charge in [0.2, 0.25) is 0 Å². The van der Waals surface area contributed by atoms with Crippen LogP contribution < -0.4 is 5.73 Å². The SMILES string of the molecule is Cc1nn(CC(=O)OCc2c(Br)c(C)nn2C)c(C)c1N. The number of halogens is 1. The smallest absolute Gasteiger partial charge is 0.328 e. The number of anilines is 1. The molecule has 0 unspecified atom stereocenters. The molecule has 0 spiro atoms. The minimum atomic E-state index is -0.369. The van der Waals surface area contributed by atoms with E-state index in [0.29, 0.717) is 11.4 Å². The average Bonchev–Trinajstić information content (AvgIpc) is 2.80. The summed E-state index contributed by atoms with van der Waals surface area (Å²) in [6, 6.07) is 0. The predicted molar refractivity (Wildman–Crippen MR) is 81.6 cm³/mol. The molecule has 114 valence electrons. The Bertz CT molecular complexity index is 689. The first-order valence-electron chi connectivity index (χ1n) is 6.44. The molecule has 0 saturated heterocycles. The minimum Gasteiger partial charge on any atom is -0.458 e. The topological polar surface area (TPSA) is 88.0 Å². The van der Waals surface area contributed by atoms with E-state index in [4.69, 9.17) is 10.5 Å². The number of nitrogens with two attached hydrogens (primary N) is 1. The van der Waals surface area contributed by atoms with Crippen LogP contribution in [0.4, 0.5) is 5.69 Å². The zero-order chi connectivity index (χ0) is 15.7. The minimum absolute atomic E-state index is 0.0400. The van der Waals surface area contributed by atoms with Crippen LogP contribution in [-0.2, 0) is 29.7 Å². The standard InChI is InChI=1S/C13H18BrN5O2/c1-7-12(14)10(18(4)16-7)6-21-11(20)5-19-9(3)13(15)8(2)17-19/h5-6,15H2,1-4H3. The Labute approximate surface area is 131 Å². The van der Waals surface area contributed by atoms with E-state index in [1.807, 2.05) is 20.9 Å². The Morgan fingerprint density at radius 3 is 2.43 bits per heavy atom. The van der Waals surface area contributed by atoms with Crippen molar-refractivity contribution >= 4 is 27.6 Å². The zero-order valence-electron chi connectivity index (χ0n) is 12.5. The summed E-state index contributed by atoms with van der Waals surface area (Å²) < 4.78 is 9.38. The van der Waals surface area contributed by atoms with Crippen molar-refractivity contribution in [2.24, 2.45) is 7.05 Å². The molecule has 2 N–H and O–H groups in total. The number of aryl methyl sites for hydroxylation is 3. The van der Waals surface area contributed by atoms with Crippen LogP contribution in [-0.4, -0.2) is 25.5 Å². The first-order chi connectivity index (χ1) is 9.81. The molecule has 0 aliphatic heterocycles. The van der Waals surface area contributed by atoms with Gasteiger partial charge in [-0.3, -0.25) is 14.2 Å². The molecular weight excluding hydrogens is 338 g/mol. The molecule has 7 nitrogen and oxygen atoms in total. The summed E-state index contributed by atoms with van der Waals surface area (Å²) in [6.07, 6.45) is 0. The second-order valence-electron chi connectivity index (χ2n) is 4.87. The van der Waals surface area contributed by atoms with Crippen LogP contribution in [0.2, 0.25) is 0 Å². The molecule has 0 saturated carbocycles. The Balaban J connectivity index is 2.01. The monoisotopic (exact) mass is 355 g/mol. The van der Waals surface area contributed by atoms with Crippen molar-refractivity contribution in [2.75, 3.05) is 5.73 Å². The lowest BCUT2D eigenvalue weighted by atomic mass is 10.3. The van der Waals surface area contributed by atoms with Crippen LogP contribution >= 0.6 is 15.9 Å². The summed E-state index contributed by atoms with van der Waals surface area (Å²) in [5.74, 6) is -0.369. The van der Waals surface area contributed by atoms with E-state index >= 15 is 0 Å². The lowest BCUT2D eigenvalue weighted by molar-refractivity contribution is -0.146. The third kappa shape index (κ3) is 3.10. The quantitative estimate of drug-likeness (QED) is 0.842. The Hall–Kier alpha value is -1.83. The second-order valence-corrected chi connectivity index (χ2v) is 5.67. The largest absolute Gasteiger partial charge is 0.458 e. The van der Waals surface area contributed by atoms with Crippen molar-refractivity contribution in [1.29, 1.82) is 0 Å². The highest BCUT2D eigenvalue weighted by atomic mass is 79.9. The maximum atomic E-state index is 11.9. The lowest BCUT2D eigenvalue weighted by Crippen LogP contribution is -2.16. The molecule has 2 aromatic heterocycles. The third-order valence-corrected chi connectivity index (χ3v) is 4.38. The number of carbonyl (C=O) groups excluding carboxylic acids is 1. The molecule has 0 aliphatic carbocycles. The molecule has 0 radical (unpaired) electrons. The van der Waals surface area contributed by atoms with Gasteiger partial charge in [-0.2, -0.15) is 10.2 Å². The first kappa shape index (κ1) is 15.6. The molecule has 2 aromatic rings. The van der Waals surface area contributed by atoms with Crippen molar-refractivity contribution < 1.29 is 9.53 Å². The van der Waals surface area contributed by atoms with Gasteiger partial charge < -0.3 is 10.5 Å². The van der Waals surface area contributed by atoms with Crippen molar-refractivity contribution in [3.63, 3.8) is 0 Å². The van der Waals surface area contributed by atoms with Gasteiger partial charge in [-0.25, -0.2) is 0 Å². The van der Waals surface area contributed by atoms with Crippen LogP contribution in [0.15, 0.2) is 4.47 Å². The van der Waals surface area contributed by atoms with Crippen molar-refractivity contribution in [3.05, 3.63) is 27.2 Å². The van der Waals surface area contributed by atoms with Gasteiger partial charge in [0.25, 0.3) is 0 Å². The molecule has 0 aromatic carbocycles. The van der Waals surface area contributed by atoms with Crippen molar-refractivity contribution in [3.8, 4) is 0 Å². The van der Waals surface area contributed by atoms with Gasteiger partial charge in [0.05, 0.1) is 32.9 Å². The number of carbonyl (C=O) groups is 1. The summed E-state index contributed by atoms with van der Waals surface area (Å²) in [4.78, 5) is 11.9. The van der Waals surface area contributed by atoms with E-state index in [-0.39, 0.29) is 19.1 Å². The highest BCUT2D eigenvalue weighted by Gasteiger charge is 2.15. The Kier molecular flexibility index (Phi) is 4.36. The number of hydrogen-bond acceptors (Lipinski definition) is 5. The number of aromatic nitrogens is 4. The molecule has 2 rings (SSSR count). The second kappa shape index (κ2) is 5.88. The van der Waals surface area contributed by atoms with Crippen LogP contribution in [0.3, 0.4) is 0 Å². The summed E-state index contributed by atoms with van der Waals surface area (Å²) in [7, 11) is 1.81. The van der Waals surface area contributed by atoms with Crippen LogP contribution in [0.1, 0.15) is 22.8 Å². The van der Waals surface area contributed by atoms with Gasteiger partial charge in [-0.05, 0) is 36.7 Å². The third-order valence-electron chi connectivity index (χ3n) is 3.35. The number of nitrogen functional groups attached to an aromatic ring is 1. The molecule has 0 amide bonds. The van der Waals surface area contributed by atoms with E-state index in [2.05, 4.69) is 26.1 Å². The Morgan fingerprint density at radius 1 is 1.29 bits per heavy atom. The molecule has 21 heavy (non-hydrogen) atoms. The summed E-state index contributed by atoms with van der Waals surface area (Å²) in [6.45, 7) is 5.71. The highest BCUT2D eigenvalue weighted by Crippen LogP contribution is 2.21. The highest BCUT2D eigenvalue weighted by molar-refractivity contribution is 9.10. The fourth-order valence-corrected chi connectivity index (χ4v) is 2.47. The zero-order valence-corrected chi connectivity index (χ0v) is 14.1. The lowest BCUT2D eigenvalue weighted by Gasteiger charge is -2.07. The normalized spacial score (nSPS) is 10.9. The predicted octanol–water partition coefficient (Wildman–Crippen LogP) is 1.63. The average molecular weight is 356 g/mol. The van der Waals surface area contributed by atoms with E-state index < -0.39 is 0 Å². The molecule has 0 bridgehead atoms. The Morgan fingerprint density at radius 2 is 1.95 bits per heavy atom. The van der Waals surface area contributed by atoms with Gasteiger partial charge in [0.15, 0.2) is 0 Å². The number of esters is 1. The van der Waals surface area contributed by atoms with Crippen molar-refractivity contribution in [2.45, 2.75) is 33.9 Å². The number of ether oxygens (including phenoxy) is 1. The van der Waals surface area contributed by atoms with Gasteiger partial charge in [-0.15, -0.1) is 0 Å². The summed E-state index contributed by atoms with van der Waals surface area (Å²) in [5, 5.41) is 8.45. The van der Waals surface area contributed by atoms with E-state index in [9.17, 15) is 4.79 Å². The van der Waals surface area contributed by atoms with E-state index in [1.54, 1.807) is 16.3 Å². The maximum Gasteiger partial charge on any atom is 0.328 e. The summed E-state index contributed by atoms with van der Waals surface area (Å²) >= 11 is 3.43. The van der Waals surface area contributed by atoms with E-state index in [1.165, 1.54) is 0 Å². The molecular formula is C13H18BrN5O2. The fraction of sp³-hybridized carbons (Fsp3) is 0.462. The van der Waals surface area contributed by atoms with Gasteiger partial charge in [-0.1, -0.05) is 0 Å². The maximum absolute atomic E-state index is 11.9. The van der Waals surface area contributed by atoms with Crippen LogP contribution in [0.25, 0.3) is 0 Å². The van der Waals surface area contributed by atoms with Crippen LogP contribution in [0, 0.1) is 20.8 Å². The molecule has 0 fully saturated rings. The van der Waals surface area contributed by atoms with E-state index in [0.717, 1.165) is 21.6 Å². The molecule has 0 atom stereocenters. The first-order valence-corrected chi connectivity index (χ1v) is 7.23. The molecule has 0 aliphatic rings.